The van der Waals surface area contributed by atoms with Gasteiger partial charge in [0.25, 0.3) is 0 Å². The number of hydrogen-bond acceptors (Lipinski definition) is 4. The maximum absolute atomic E-state index is 9.50. The van der Waals surface area contributed by atoms with E-state index in [0.29, 0.717) is 17.4 Å². The molecule has 0 unspecified atom stereocenters. The summed E-state index contributed by atoms with van der Waals surface area (Å²) in [5, 5.41) is 14.1. The molecule has 0 radical (unpaired) electrons. The van der Waals surface area contributed by atoms with Gasteiger partial charge in [-0.25, -0.2) is 4.98 Å². The van der Waals surface area contributed by atoms with Crippen molar-refractivity contribution >= 4 is 22.6 Å². The monoisotopic (exact) mass is 291 g/mol. The van der Waals surface area contributed by atoms with Gasteiger partial charge in [-0.2, -0.15) is 0 Å². The maximum Gasteiger partial charge on any atom is 0.138 e. The molecule has 0 bridgehead atoms. The first-order valence-corrected chi connectivity index (χ1v) is 6.65. The SMILES string of the molecule is Cc1noc(C)c1Cn1c(CO)nc2cc(Cl)ccc21. The maximum atomic E-state index is 9.50. The summed E-state index contributed by atoms with van der Waals surface area (Å²) in [4.78, 5) is 4.41. The second-order valence-electron chi connectivity index (χ2n) is 4.71. The van der Waals surface area contributed by atoms with Crippen molar-refractivity contribution in [3.8, 4) is 0 Å². The van der Waals surface area contributed by atoms with Gasteiger partial charge in [0.15, 0.2) is 0 Å². The predicted octanol–water partition coefficient (Wildman–Crippen LogP) is 2.84. The second-order valence-corrected chi connectivity index (χ2v) is 5.14. The van der Waals surface area contributed by atoms with Crippen LogP contribution in [-0.2, 0) is 13.2 Å². The standard InChI is InChI=1S/C14H14ClN3O2/c1-8-11(9(2)20-17-8)6-18-13-4-3-10(15)5-12(13)16-14(18)7-19/h3-5,19H,6-7H2,1-2H3. The van der Waals surface area contributed by atoms with Crippen molar-refractivity contribution in [2.75, 3.05) is 0 Å². The minimum atomic E-state index is -0.129. The molecule has 0 saturated heterocycles. The molecule has 20 heavy (non-hydrogen) atoms. The van der Waals surface area contributed by atoms with Crippen molar-refractivity contribution < 1.29 is 9.63 Å². The number of halogens is 1. The number of nitrogens with zero attached hydrogens (tertiary/aromatic N) is 3. The number of aliphatic hydroxyl groups excluding tert-OH is 1. The van der Waals surface area contributed by atoms with E-state index in [4.69, 9.17) is 16.1 Å². The van der Waals surface area contributed by atoms with E-state index in [9.17, 15) is 5.11 Å². The number of aromatic nitrogens is 3. The van der Waals surface area contributed by atoms with Crippen LogP contribution in [-0.4, -0.2) is 19.8 Å². The molecular weight excluding hydrogens is 278 g/mol. The fraction of sp³-hybridized carbons (Fsp3) is 0.286. The highest BCUT2D eigenvalue weighted by Gasteiger charge is 2.15. The van der Waals surface area contributed by atoms with E-state index in [-0.39, 0.29) is 6.61 Å². The molecule has 0 aliphatic carbocycles. The summed E-state index contributed by atoms with van der Waals surface area (Å²) in [5.41, 5.74) is 3.56. The van der Waals surface area contributed by atoms with Gasteiger partial charge in [0.05, 0.1) is 23.3 Å². The summed E-state index contributed by atoms with van der Waals surface area (Å²) in [6.07, 6.45) is 0. The number of aryl methyl sites for hydroxylation is 2. The van der Waals surface area contributed by atoms with Crippen molar-refractivity contribution in [2.45, 2.75) is 27.0 Å². The highest BCUT2D eigenvalue weighted by molar-refractivity contribution is 6.31. The van der Waals surface area contributed by atoms with Crippen LogP contribution in [0.3, 0.4) is 0 Å². The lowest BCUT2D eigenvalue weighted by Gasteiger charge is -2.07. The first-order valence-electron chi connectivity index (χ1n) is 6.27. The molecule has 2 aromatic heterocycles. The highest BCUT2D eigenvalue weighted by atomic mass is 35.5. The number of fused-ring (bicyclic) bond motifs is 1. The zero-order chi connectivity index (χ0) is 14.3. The van der Waals surface area contributed by atoms with Gasteiger partial charge in [0, 0.05) is 10.6 Å². The normalized spacial score (nSPS) is 11.4. The molecular formula is C14H14ClN3O2. The number of rotatable bonds is 3. The smallest absolute Gasteiger partial charge is 0.138 e. The van der Waals surface area contributed by atoms with Crippen LogP contribution >= 0.6 is 11.6 Å². The fourth-order valence-electron chi connectivity index (χ4n) is 2.34. The third kappa shape index (κ3) is 2.09. The Balaban J connectivity index is 2.15. The van der Waals surface area contributed by atoms with Crippen LogP contribution in [0, 0.1) is 13.8 Å². The summed E-state index contributed by atoms with van der Waals surface area (Å²) in [5.74, 6) is 1.38. The van der Waals surface area contributed by atoms with Crippen molar-refractivity contribution in [1.82, 2.24) is 14.7 Å². The number of imidazole rings is 1. The second kappa shape index (κ2) is 4.92. The Bertz CT molecular complexity index is 757. The summed E-state index contributed by atoms with van der Waals surface area (Å²) in [6, 6.07) is 5.51. The molecule has 0 amide bonds. The van der Waals surface area contributed by atoms with Crippen LogP contribution < -0.4 is 0 Å². The molecule has 1 aromatic carbocycles. The van der Waals surface area contributed by atoms with E-state index < -0.39 is 0 Å². The molecule has 0 fully saturated rings. The lowest BCUT2D eigenvalue weighted by atomic mass is 10.2. The number of benzene rings is 1. The zero-order valence-corrected chi connectivity index (χ0v) is 12.0. The van der Waals surface area contributed by atoms with Crippen LogP contribution in [0.15, 0.2) is 22.7 Å². The van der Waals surface area contributed by atoms with Gasteiger partial charge in [-0.05, 0) is 32.0 Å². The molecule has 0 atom stereocenters. The van der Waals surface area contributed by atoms with Gasteiger partial charge in [-0.15, -0.1) is 0 Å². The lowest BCUT2D eigenvalue weighted by Crippen LogP contribution is -2.06. The molecule has 3 rings (SSSR count). The first kappa shape index (κ1) is 13.1. The fourth-order valence-corrected chi connectivity index (χ4v) is 2.50. The van der Waals surface area contributed by atoms with Crippen molar-refractivity contribution in [2.24, 2.45) is 0 Å². The van der Waals surface area contributed by atoms with Gasteiger partial charge in [0.2, 0.25) is 0 Å². The van der Waals surface area contributed by atoms with Crippen LogP contribution in [0.5, 0.6) is 0 Å². The average molecular weight is 292 g/mol. The molecule has 0 spiro atoms. The van der Waals surface area contributed by atoms with E-state index in [0.717, 1.165) is 28.1 Å². The van der Waals surface area contributed by atoms with Gasteiger partial charge in [-0.3, -0.25) is 0 Å². The van der Waals surface area contributed by atoms with E-state index in [1.54, 1.807) is 6.07 Å². The van der Waals surface area contributed by atoms with Gasteiger partial charge in [0.1, 0.15) is 18.2 Å². The number of hydrogen-bond donors (Lipinski definition) is 1. The Labute approximate surface area is 120 Å². The Morgan fingerprint density at radius 3 is 2.80 bits per heavy atom. The van der Waals surface area contributed by atoms with Gasteiger partial charge >= 0.3 is 0 Å². The summed E-state index contributed by atoms with van der Waals surface area (Å²) >= 11 is 5.98. The minimum absolute atomic E-state index is 0.129. The highest BCUT2D eigenvalue weighted by Crippen LogP contribution is 2.23. The Morgan fingerprint density at radius 1 is 1.35 bits per heavy atom. The average Bonchev–Trinajstić information content (AvgIpc) is 2.93. The third-order valence-electron chi connectivity index (χ3n) is 3.43. The molecule has 104 valence electrons. The Hall–Kier alpha value is -1.85. The molecule has 0 aliphatic heterocycles. The molecule has 0 saturated carbocycles. The van der Waals surface area contributed by atoms with Gasteiger partial charge < -0.3 is 14.2 Å². The Morgan fingerprint density at radius 2 is 2.15 bits per heavy atom. The summed E-state index contributed by atoms with van der Waals surface area (Å²) in [7, 11) is 0. The van der Waals surface area contributed by atoms with Crippen molar-refractivity contribution in [3.05, 3.63) is 46.1 Å². The largest absolute Gasteiger partial charge is 0.388 e. The quantitative estimate of drug-likeness (QED) is 0.806. The molecule has 0 aliphatic rings. The van der Waals surface area contributed by atoms with E-state index >= 15 is 0 Å². The zero-order valence-electron chi connectivity index (χ0n) is 11.2. The van der Waals surface area contributed by atoms with Crippen LogP contribution in [0.4, 0.5) is 0 Å². The molecule has 1 N–H and O–H groups in total. The van der Waals surface area contributed by atoms with Crippen molar-refractivity contribution in [3.63, 3.8) is 0 Å². The lowest BCUT2D eigenvalue weighted by molar-refractivity contribution is 0.267. The van der Waals surface area contributed by atoms with Crippen LogP contribution in [0.25, 0.3) is 11.0 Å². The molecule has 3 aromatic rings. The van der Waals surface area contributed by atoms with E-state index in [1.807, 2.05) is 30.5 Å². The predicted molar refractivity (Wildman–Crippen MR) is 75.7 cm³/mol. The first-order chi connectivity index (χ1) is 9.60. The topological polar surface area (TPSA) is 64.1 Å². The van der Waals surface area contributed by atoms with Gasteiger partial charge in [-0.1, -0.05) is 16.8 Å². The van der Waals surface area contributed by atoms with E-state index in [2.05, 4.69) is 10.1 Å². The third-order valence-corrected chi connectivity index (χ3v) is 3.66. The van der Waals surface area contributed by atoms with Crippen LogP contribution in [0.1, 0.15) is 22.8 Å². The van der Waals surface area contributed by atoms with E-state index in [1.165, 1.54) is 0 Å². The molecule has 2 heterocycles. The summed E-state index contributed by atoms with van der Waals surface area (Å²) < 4.78 is 7.14. The summed E-state index contributed by atoms with van der Waals surface area (Å²) in [6.45, 7) is 4.22. The Kier molecular flexibility index (Phi) is 3.23. The number of aliphatic hydroxyl groups is 1. The van der Waals surface area contributed by atoms with Crippen LogP contribution in [0.2, 0.25) is 5.02 Å². The molecule has 6 heteroatoms. The molecule has 5 nitrogen and oxygen atoms in total. The minimum Gasteiger partial charge on any atom is -0.388 e. The van der Waals surface area contributed by atoms with Crippen molar-refractivity contribution in [1.29, 1.82) is 0 Å².